The summed E-state index contributed by atoms with van der Waals surface area (Å²) < 4.78 is 40.1. The van der Waals surface area contributed by atoms with Crippen LogP contribution in [-0.4, -0.2) is 43.9 Å². The third-order valence-corrected chi connectivity index (χ3v) is 4.68. The molecule has 1 aromatic rings. The molecule has 0 aliphatic carbocycles. The van der Waals surface area contributed by atoms with Gasteiger partial charge < -0.3 is 9.47 Å². The fraction of sp³-hybridized carbons (Fsp3) is 0.579. The van der Waals surface area contributed by atoms with Gasteiger partial charge in [-0.15, -0.1) is 0 Å². The van der Waals surface area contributed by atoms with E-state index in [1.165, 1.54) is 31.4 Å². The zero-order valence-electron chi connectivity index (χ0n) is 15.7. The highest BCUT2D eigenvalue weighted by atomic mass is 32.2. The van der Waals surface area contributed by atoms with E-state index in [2.05, 4.69) is 6.92 Å². The van der Waals surface area contributed by atoms with E-state index < -0.39 is 27.8 Å². The largest absolute Gasteiger partial charge is 0.462 e. The van der Waals surface area contributed by atoms with Crippen molar-refractivity contribution in [2.24, 2.45) is 0 Å². The highest BCUT2D eigenvalue weighted by molar-refractivity contribution is 7.85. The first-order valence-electron chi connectivity index (χ1n) is 9.23. The Balaban J connectivity index is 2.47. The smallest absolute Gasteiger partial charge is 0.339 e. The Hall–Kier alpha value is -1.93. The van der Waals surface area contributed by atoms with E-state index in [9.17, 15) is 18.0 Å². The highest BCUT2D eigenvalue weighted by Crippen LogP contribution is 2.13. The second kappa shape index (κ2) is 12.5. The molecule has 0 amide bonds. The molecule has 0 saturated carbocycles. The van der Waals surface area contributed by atoms with Crippen LogP contribution in [0.4, 0.5) is 0 Å². The van der Waals surface area contributed by atoms with Crippen LogP contribution < -0.4 is 0 Å². The van der Waals surface area contributed by atoms with Gasteiger partial charge in [0.05, 0.1) is 30.1 Å². The second-order valence-corrected chi connectivity index (χ2v) is 7.80. The van der Waals surface area contributed by atoms with E-state index >= 15 is 0 Å². The Bertz CT molecular complexity index is 698. The van der Waals surface area contributed by atoms with Crippen molar-refractivity contribution < 1.29 is 32.0 Å². The molecule has 0 radical (unpaired) electrons. The van der Waals surface area contributed by atoms with Crippen molar-refractivity contribution >= 4 is 22.1 Å². The van der Waals surface area contributed by atoms with Crippen LogP contribution in [0.3, 0.4) is 0 Å². The van der Waals surface area contributed by atoms with Gasteiger partial charge in [-0.25, -0.2) is 9.59 Å². The molecule has 1 rings (SSSR count). The van der Waals surface area contributed by atoms with Crippen molar-refractivity contribution in [1.29, 1.82) is 0 Å². The van der Waals surface area contributed by atoms with Gasteiger partial charge >= 0.3 is 11.9 Å². The van der Waals surface area contributed by atoms with Crippen molar-refractivity contribution in [1.82, 2.24) is 0 Å². The van der Waals surface area contributed by atoms with Crippen molar-refractivity contribution in [3.63, 3.8) is 0 Å². The standard InChI is InChI=1S/C19H28O7S/c1-2-3-4-5-6-9-13-25-18(20)16-11-7-8-12-17(16)19(21)26-14-10-15-27(22,23)24/h7-8,11-12H,2-6,9-10,13-15H2,1H3,(H,22,23,24). The number of unbranched alkanes of at least 4 members (excludes halogenated alkanes) is 5. The summed E-state index contributed by atoms with van der Waals surface area (Å²) in [6.45, 7) is 2.27. The molecule has 0 unspecified atom stereocenters. The number of carbonyl (C=O) groups excluding carboxylic acids is 2. The molecule has 1 N–H and O–H groups in total. The molecule has 0 aliphatic rings. The summed E-state index contributed by atoms with van der Waals surface area (Å²) in [6.07, 6.45) is 6.41. The van der Waals surface area contributed by atoms with Crippen LogP contribution in [0, 0.1) is 0 Å². The normalized spacial score (nSPS) is 11.2. The molecular formula is C19H28O7S. The summed E-state index contributed by atoms with van der Waals surface area (Å²) in [7, 11) is -4.09. The van der Waals surface area contributed by atoms with Gasteiger partial charge in [-0.3, -0.25) is 4.55 Å². The SMILES string of the molecule is CCCCCCCCOC(=O)c1ccccc1C(=O)OCCCS(=O)(=O)O. The predicted molar refractivity (Wildman–Crippen MR) is 101 cm³/mol. The summed E-state index contributed by atoms with van der Waals surface area (Å²) >= 11 is 0. The van der Waals surface area contributed by atoms with Crippen molar-refractivity contribution in [3.05, 3.63) is 35.4 Å². The molecule has 0 bridgehead atoms. The topological polar surface area (TPSA) is 107 Å². The minimum atomic E-state index is -4.09. The fourth-order valence-electron chi connectivity index (χ4n) is 2.45. The summed E-state index contributed by atoms with van der Waals surface area (Å²) in [5.41, 5.74) is 0.181. The minimum Gasteiger partial charge on any atom is -0.462 e. The monoisotopic (exact) mass is 400 g/mol. The Morgan fingerprint density at radius 3 is 1.85 bits per heavy atom. The zero-order valence-corrected chi connectivity index (χ0v) is 16.5. The molecule has 1 aromatic carbocycles. The maximum absolute atomic E-state index is 12.2. The van der Waals surface area contributed by atoms with Crippen molar-refractivity contribution in [2.45, 2.75) is 51.9 Å². The summed E-state index contributed by atoms with van der Waals surface area (Å²) in [5, 5.41) is 0. The average molecular weight is 400 g/mol. The number of carbonyl (C=O) groups is 2. The lowest BCUT2D eigenvalue weighted by atomic mass is 10.1. The van der Waals surface area contributed by atoms with Gasteiger partial charge in [0.1, 0.15) is 0 Å². The van der Waals surface area contributed by atoms with Crippen molar-refractivity contribution in [2.75, 3.05) is 19.0 Å². The molecule has 0 saturated heterocycles. The van der Waals surface area contributed by atoms with E-state index in [1.54, 1.807) is 12.1 Å². The van der Waals surface area contributed by atoms with E-state index in [0.717, 1.165) is 19.3 Å². The maximum Gasteiger partial charge on any atom is 0.339 e. The number of esters is 2. The van der Waals surface area contributed by atoms with E-state index in [0.29, 0.717) is 6.61 Å². The second-order valence-electron chi connectivity index (χ2n) is 6.22. The van der Waals surface area contributed by atoms with E-state index in [1.807, 2.05) is 0 Å². The number of benzene rings is 1. The van der Waals surface area contributed by atoms with Crippen LogP contribution in [-0.2, 0) is 19.6 Å². The van der Waals surface area contributed by atoms with Gasteiger partial charge in [0.2, 0.25) is 0 Å². The molecule has 27 heavy (non-hydrogen) atoms. The molecule has 152 valence electrons. The average Bonchev–Trinajstić information content (AvgIpc) is 2.63. The molecule has 8 heteroatoms. The first kappa shape index (κ1) is 23.1. The molecule has 0 spiro atoms. The third kappa shape index (κ3) is 10.1. The molecule has 0 aliphatic heterocycles. The highest BCUT2D eigenvalue weighted by Gasteiger charge is 2.19. The maximum atomic E-state index is 12.2. The Morgan fingerprint density at radius 2 is 1.33 bits per heavy atom. The first-order valence-corrected chi connectivity index (χ1v) is 10.8. The number of ether oxygens (including phenoxy) is 2. The molecule has 0 heterocycles. The van der Waals surface area contributed by atoms with Gasteiger partial charge in [-0.1, -0.05) is 51.2 Å². The summed E-state index contributed by atoms with van der Waals surface area (Å²) in [4.78, 5) is 24.4. The number of hydrogen-bond donors (Lipinski definition) is 1. The van der Waals surface area contributed by atoms with Gasteiger partial charge in [-0.05, 0) is 25.0 Å². The lowest BCUT2D eigenvalue weighted by molar-refractivity contribution is 0.0454. The molecule has 0 atom stereocenters. The minimum absolute atomic E-state index is 0.0325. The summed E-state index contributed by atoms with van der Waals surface area (Å²) in [5.74, 6) is -1.83. The van der Waals surface area contributed by atoms with Gasteiger partial charge in [0.25, 0.3) is 10.1 Å². The number of hydrogen-bond acceptors (Lipinski definition) is 6. The van der Waals surface area contributed by atoms with Gasteiger partial charge in [0.15, 0.2) is 0 Å². The van der Waals surface area contributed by atoms with Crippen LogP contribution in [0.2, 0.25) is 0 Å². The van der Waals surface area contributed by atoms with Gasteiger partial charge in [0, 0.05) is 0 Å². The Kier molecular flexibility index (Phi) is 10.7. The lowest BCUT2D eigenvalue weighted by Gasteiger charge is -2.10. The zero-order chi connectivity index (χ0) is 20.1. The molecular weight excluding hydrogens is 372 g/mol. The van der Waals surface area contributed by atoms with Crippen LogP contribution >= 0.6 is 0 Å². The quantitative estimate of drug-likeness (QED) is 0.306. The van der Waals surface area contributed by atoms with E-state index in [4.69, 9.17) is 14.0 Å². The van der Waals surface area contributed by atoms with Crippen LogP contribution in [0.5, 0.6) is 0 Å². The first-order chi connectivity index (χ1) is 12.8. The van der Waals surface area contributed by atoms with Crippen LogP contribution in [0.25, 0.3) is 0 Å². The van der Waals surface area contributed by atoms with E-state index in [-0.39, 0.29) is 24.2 Å². The third-order valence-electron chi connectivity index (χ3n) is 3.88. The Labute approximate surface area is 160 Å². The van der Waals surface area contributed by atoms with Crippen LogP contribution in [0.1, 0.15) is 72.6 Å². The molecule has 7 nitrogen and oxygen atoms in total. The van der Waals surface area contributed by atoms with Gasteiger partial charge in [-0.2, -0.15) is 8.42 Å². The molecule has 0 aromatic heterocycles. The van der Waals surface area contributed by atoms with Crippen LogP contribution in [0.15, 0.2) is 24.3 Å². The predicted octanol–water partition coefficient (Wildman–Crippen LogP) is 3.64. The fourth-order valence-corrected chi connectivity index (χ4v) is 2.93. The number of rotatable bonds is 13. The summed E-state index contributed by atoms with van der Waals surface area (Å²) in [6, 6.07) is 6.15. The Morgan fingerprint density at radius 1 is 0.852 bits per heavy atom. The molecule has 0 fully saturated rings. The van der Waals surface area contributed by atoms with Crippen molar-refractivity contribution in [3.8, 4) is 0 Å². The lowest BCUT2D eigenvalue weighted by Crippen LogP contribution is -2.16.